The molecule has 1 saturated heterocycles. The maximum absolute atomic E-state index is 13.3. The molecule has 0 aromatic heterocycles. The highest BCUT2D eigenvalue weighted by Crippen LogP contribution is 2.13. The summed E-state index contributed by atoms with van der Waals surface area (Å²) in [6, 6.07) is 13.3. The van der Waals surface area contributed by atoms with Gasteiger partial charge in [0.05, 0.1) is 13.1 Å². The second-order valence-electron chi connectivity index (χ2n) is 7.47. The first-order chi connectivity index (χ1) is 15.4. The Morgan fingerprint density at radius 3 is 2.67 bits per heavy atom. The summed E-state index contributed by atoms with van der Waals surface area (Å²) in [5, 5.41) is 9.09. The van der Waals surface area contributed by atoms with Gasteiger partial charge in [-0.2, -0.15) is 0 Å². The third kappa shape index (κ3) is 8.19. The number of hydrogen-bond acceptors (Lipinski definition) is 4. The van der Waals surface area contributed by atoms with Gasteiger partial charge in [0, 0.05) is 38.3 Å². The van der Waals surface area contributed by atoms with Crippen molar-refractivity contribution in [3.63, 3.8) is 0 Å². The first-order valence-electron chi connectivity index (χ1n) is 10.5. The maximum atomic E-state index is 13.3. The number of amides is 2. The zero-order valence-corrected chi connectivity index (χ0v) is 21.0. The van der Waals surface area contributed by atoms with Crippen molar-refractivity contribution in [2.75, 3.05) is 33.2 Å². The normalized spacial score (nSPS) is 14.6. The minimum atomic E-state index is -0.339. The molecule has 1 fully saturated rings. The molecule has 2 aromatic rings. The fourth-order valence-electron chi connectivity index (χ4n) is 3.22. The van der Waals surface area contributed by atoms with Gasteiger partial charge in [0.15, 0.2) is 5.96 Å². The highest BCUT2D eigenvalue weighted by atomic mass is 127. The molecule has 1 unspecified atom stereocenters. The van der Waals surface area contributed by atoms with Crippen LogP contribution < -0.4 is 20.7 Å². The third-order valence-electron chi connectivity index (χ3n) is 4.90. The minimum absolute atomic E-state index is 0. The van der Waals surface area contributed by atoms with Gasteiger partial charge in [-0.3, -0.25) is 14.6 Å². The Bertz CT molecular complexity index is 971. The van der Waals surface area contributed by atoms with Gasteiger partial charge in [-0.05, 0) is 36.8 Å². The van der Waals surface area contributed by atoms with Crippen LogP contribution in [0.25, 0.3) is 0 Å². The van der Waals surface area contributed by atoms with Crippen LogP contribution >= 0.6 is 24.0 Å². The monoisotopic (exact) mass is 569 g/mol. The van der Waals surface area contributed by atoms with Crippen molar-refractivity contribution in [2.24, 2.45) is 4.99 Å². The van der Waals surface area contributed by atoms with Crippen LogP contribution in [0.5, 0.6) is 5.75 Å². The molecule has 3 N–H and O–H groups in total. The summed E-state index contributed by atoms with van der Waals surface area (Å²) < 4.78 is 19.0. The smallest absolute Gasteiger partial charge is 0.254 e. The quantitative estimate of drug-likeness (QED) is 0.270. The van der Waals surface area contributed by atoms with E-state index in [-0.39, 0.29) is 54.3 Å². The van der Waals surface area contributed by atoms with Crippen molar-refractivity contribution >= 4 is 41.8 Å². The van der Waals surface area contributed by atoms with Crippen molar-refractivity contribution in [2.45, 2.75) is 19.6 Å². The Morgan fingerprint density at radius 1 is 1.24 bits per heavy atom. The molecule has 1 heterocycles. The molecule has 10 heteroatoms. The molecular formula is C23H29FIN5O3. The lowest BCUT2D eigenvalue weighted by atomic mass is 10.1. The number of benzene rings is 2. The van der Waals surface area contributed by atoms with E-state index in [1.807, 2.05) is 19.1 Å². The second kappa shape index (κ2) is 13.0. The Kier molecular flexibility index (Phi) is 10.4. The van der Waals surface area contributed by atoms with Crippen LogP contribution in [0.4, 0.5) is 4.39 Å². The van der Waals surface area contributed by atoms with Crippen LogP contribution in [0, 0.1) is 5.82 Å². The SMILES string of the molecule is CN=C(NCc1ccc(C(=O)N2CCNC(=O)C2)cc1)NCC(C)Oc1cccc(F)c1.I. The van der Waals surface area contributed by atoms with Gasteiger partial charge < -0.3 is 25.6 Å². The van der Waals surface area contributed by atoms with E-state index in [0.717, 1.165) is 5.56 Å². The summed E-state index contributed by atoms with van der Waals surface area (Å²) in [4.78, 5) is 29.8. The zero-order chi connectivity index (χ0) is 22.9. The highest BCUT2D eigenvalue weighted by Gasteiger charge is 2.22. The number of rotatable bonds is 7. The van der Waals surface area contributed by atoms with Gasteiger partial charge in [-0.1, -0.05) is 18.2 Å². The number of piperazine rings is 1. The summed E-state index contributed by atoms with van der Waals surface area (Å²) in [7, 11) is 1.67. The lowest BCUT2D eigenvalue weighted by Gasteiger charge is -2.26. The van der Waals surface area contributed by atoms with E-state index in [9.17, 15) is 14.0 Å². The second-order valence-corrected chi connectivity index (χ2v) is 7.47. The topological polar surface area (TPSA) is 95.1 Å². The summed E-state index contributed by atoms with van der Waals surface area (Å²) in [6.07, 6.45) is -0.197. The van der Waals surface area contributed by atoms with E-state index < -0.39 is 0 Å². The van der Waals surface area contributed by atoms with Gasteiger partial charge in [-0.15, -0.1) is 24.0 Å². The number of carbonyl (C=O) groups excluding carboxylic acids is 2. The summed E-state index contributed by atoms with van der Waals surface area (Å²) >= 11 is 0. The number of ether oxygens (including phenoxy) is 1. The van der Waals surface area contributed by atoms with E-state index in [1.165, 1.54) is 12.1 Å². The van der Waals surface area contributed by atoms with Crippen LogP contribution in [0.3, 0.4) is 0 Å². The Balaban J connectivity index is 0.00000385. The van der Waals surface area contributed by atoms with Gasteiger partial charge in [0.1, 0.15) is 17.7 Å². The number of nitrogens with one attached hydrogen (secondary N) is 3. The van der Waals surface area contributed by atoms with Crippen LogP contribution in [-0.2, 0) is 11.3 Å². The Morgan fingerprint density at radius 2 is 2.00 bits per heavy atom. The van der Waals surface area contributed by atoms with E-state index in [4.69, 9.17) is 4.74 Å². The van der Waals surface area contributed by atoms with Gasteiger partial charge in [0.25, 0.3) is 5.91 Å². The van der Waals surface area contributed by atoms with Crippen LogP contribution in [0.1, 0.15) is 22.8 Å². The molecule has 1 aliphatic rings. The van der Waals surface area contributed by atoms with E-state index >= 15 is 0 Å². The average molecular weight is 569 g/mol. The number of carbonyl (C=O) groups is 2. The number of hydrogen-bond donors (Lipinski definition) is 3. The van der Waals surface area contributed by atoms with Crippen molar-refractivity contribution in [3.8, 4) is 5.75 Å². The first-order valence-corrected chi connectivity index (χ1v) is 10.5. The van der Waals surface area contributed by atoms with Crippen LogP contribution in [0.15, 0.2) is 53.5 Å². The van der Waals surface area contributed by atoms with Crippen molar-refractivity contribution in [3.05, 3.63) is 65.5 Å². The molecule has 1 atom stereocenters. The molecular weight excluding hydrogens is 540 g/mol. The molecule has 33 heavy (non-hydrogen) atoms. The van der Waals surface area contributed by atoms with Gasteiger partial charge >= 0.3 is 0 Å². The molecule has 2 aromatic carbocycles. The molecule has 0 bridgehead atoms. The zero-order valence-electron chi connectivity index (χ0n) is 18.6. The molecule has 1 aliphatic heterocycles. The maximum Gasteiger partial charge on any atom is 0.254 e. The third-order valence-corrected chi connectivity index (χ3v) is 4.90. The van der Waals surface area contributed by atoms with Gasteiger partial charge in [-0.25, -0.2) is 4.39 Å². The molecule has 0 radical (unpaired) electrons. The average Bonchev–Trinajstić information content (AvgIpc) is 2.79. The van der Waals surface area contributed by atoms with E-state index in [1.54, 1.807) is 36.2 Å². The predicted molar refractivity (Wildman–Crippen MR) is 135 cm³/mol. The first kappa shape index (κ1) is 26.4. The number of aliphatic imine (C=N–C) groups is 1. The molecule has 0 saturated carbocycles. The largest absolute Gasteiger partial charge is 0.489 e. The lowest BCUT2D eigenvalue weighted by Crippen LogP contribution is -2.49. The van der Waals surface area contributed by atoms with E-state index in [2.05, 4.69) is 20.9 Å². The number of halogens is 2. The van der Waals surface area contributed by atoms with Crippen molar-refractivity contribution in [1.82, 2.24) is 20.9 Å². The minimum Gasteiger partial charge on any atom is -0.489 e. The van der Waals surface area contributed by atoms with Gasteiger partial charge in [0.2, 0.25) is 5.91 Å². The molecule has 2 amide bonds. The Hall–Kier alpha value is -2.89. The van der Waals surface area contributed by atoms with Crippen LogP contribution in [-0.4, -0.2) is 62.0 Å². The lowest BCUT2D eigenvalue weighted by molar-refractivity contribution is -0.123. The standard InChI is InChI=1S/C23H28FN5O3.HI/c1-16(32-20-5-3-4-19(24)12-20)13-27-23(25-2)28-14-17-6-8-18(9-7-17)22(31)29-11-10-26-21(30)15-29;/h3-9,12,16H,10-11,13-15H2,1-2H3,(H,26,30)(H2,25,27,28);1H. The number of guanidine groups is 1. The summed E-state index contributed by atoms with van der Waals surface area (Å²) in [5.74, 6) is 0.444. The molecule has 0 aliphatic carbocycles. The summed E-state index contributed by atoms with van der Waals surface area (Å²) in [5.41, 5.74) is 1.53. The Labute approximate surface area is 210 Å². The fourth-order valence-corrected chi connectivity index (χ4v) is 3.22. The highest BCUT2D eigenvalue weighted by molar-refractivity contribution is 14.0. The van der Waals surface area contributed by atoms with Crippen molar-refractivity contribution < 1.29 is 18.7 Å². The fraction of sp³-hybridized carbons (Fsp3) is 0.348. The predicted octanol–water partition coefficient (Wildman–Crippen LogP) is 2.15. The van der Waals surface area contributed by atoms with Crippen molar-refractivity contribution in [1.29, 1.82) is 0 Å². The molecule has 0 spiro atoms. The summed E-state index contributed by atoms with van der Waals surface area (Å²) in [6.45, 7) is 3.95. The van der Waals surface area contributed by atoms with E-state index in [0.29, 0.717) is 43.5 Å². The molecule has 3 rings (SSSR count). The van der Waals surface area contributed by atoms with Crippen LogP contribution in [0.2, 0.25) is 0 Å². The molecule has 8 nitrogen and oxygen atoms in total. The number of nitrogens with zero attached hydrogens (tertiary/aromatic N) is 2. The molecule has 178 valence electrons.